The minimum Gasteiger partial charge on any atom is -0.298 e. The van der Waals surface area contributed by atoms with E-state index >= 15 is 0 Å². The normalized spacial score (nSPS) is 10.7. The Hall–Kier alpha value is -1.68. The van der Waals surface area contributed by atoms with Crippen molar-refractivity contribution in [3.05, 3.63) is 52.1 Å². The molecule has 0 spiro atoms. The standard InChI is InChI=1S/C14H14ClFN2O/c1-2-3-13-12(9-19)14(15)18(17-13)8-10-4-6-11(16)7-5-10/h4-7,9H,2-3,8H2,1H3. The van der Waals surface area contributed by atoms with Gasteiger partial charge in [0.25, 0.3) is 0 Å². The monoisotopic (exact) mass is 280 g/mol. The third kappa shape index (κ3) is 3.01. The second-order valence-corrected chi connectivity index (χ2v) is 4.66. The van der Waals surface area contributed by atoms with Gasteiger partial charge in [0.15, 0.2) is 6.29 Å². The smallest absolute Gasteiger partial charge is 0.155 e. The van der Waals surface area contributed by atoms with Crippen LogP contribution in [0.5, 0.6) is 0 Å². The number of aromatic nitrogens is 2. The Morgan fingerprint density at radius 3 is 2.63 bits per heavy atom. The second kappa shape index (κ2) is 5.97. The molecule has 0 fully saturated rings. The van der Waals surface area contributed by atoms with Crippen LogP contribution in [0.4, 0.5) is 4.39 Å². The average Bonchev–Trinajstić information content (AvgIpc) is 2.69. The molecule has 0 bridgehead atoms. The van der Waals surface area contributed by atoms with Gasteiger partial charge in [0, 0.05) is 0 Å². The molecule has 0 amide bonds. The fourth-order valence-electron chi connectivity index (χ4n) is 1.91. The molecule has 19 heavy (non-hydrogen) atoms. The zero-order chi connectivity index (χ0) is 13.8. The van der Waals surface area contributed by atoms with Crippen molar-refractivity contribution in [2.24, 2.45) is 0 Å². The fourth-order valence-corrected chi connectivity index (χ4v) is 2.16. The highest BCUT2D eigenvalue weighted by Gasteiger charge is 2.15. The molecule has 0 aliphatic heterocycles. The maximum Gasteiger partial charge on any atom is 0.155 e. The number of benzene rings is 1. The highest BCUT2D eigenvalue weighted by Crippen LogP contribution is 2.20. The zero-order valence-electron chi connectivity index (χ0n) is 10.6. The van der Waals surface area contributed by atoms with Crippen LogP contribution in [-0.4, -0.2) is 16.1 Å². The molecule has 0 unspecified atom stereocenters. The largest absolute Gasteiger partial charge is 0.298 e. The van der Waals surface area contributed by atoms with E-state index in [0.29, 0.717) is 29.4 Å². The Balaban J connectivity index is 2.29. The lowest BCUT2D eigenvalue weighted by Gasteiger charge is -2.03. The second-order valence-electron chi connectivity index (χ2n) is 4.30. The molecule has 2 rings (SSSR count). The summed E-state index contributed by atoms with van der Waals surface area (Å²) in [6, 6.07) is 6.13. The van der Waals surface area contributed by atoms with E-state index in [9.17, 15) is 9.18 Å². The van der Waals surface area contributed by atoms with Crippen molar-refractivity contribution in [1.82, 2.24) is 9.78 Å². The van der Waals surface area contributed by atoms with E-state index in [0.717, 1.165) is 18.3 Å². The number of hydrogen-bond acceptors (Lipinski definition) is 2. The molecule has 0 N–H and O–H groups in total. The minimum absolute atomic E-state index is 0.282. The number of aryl methyl sites for hydroxylation is 1. The minimum atomic E-state index is -0.282. The third-order valence-corrected chi connectivity index (χ3v) is 3.25. The number of rotatable bonds is 5. The summed E-state index contributed by atoms with van der Waals surface area (Å²) < 4.78 is 14.4. The van der Waals surface area contributed by atoms with Crippen molar-refractivity contribution >= 4 is 17.9 Å². The van der Waals surface area contributed by atoms with Gasteiger partial charge in [-0.25, -0.2) is 9.07 Å². The van der Waals surface area contributed by atoms with E-state index in [2.05, 4.69) is 5.10 Å². The zero-order valence-corrected chi connectivity index (χ0v) is 11.3. The molecule has 1 aromatic heterocycles. The third-order valence-electron chi connectivity index (χ3n) is 2.85. The van der Waals surface area contributed by atoms with Crippen LogP contribution >= 0.6 is 11.6 Å². The number of carbonyl (C=O) groups excluding carboxylic acids is 1. The van der Waals surface area contributed by atoms with Gasteiger partial charge in [0.2, 0.25) is 0 Å². The van der Waals surface area contributed by atoms with Gasteiger partial charge in [-0.05, 0) is 24.1 Å². The first-order chi connectivity index (χ1) is 9.15. The molecule has 0 radical (unpaired) electrons. The van der Waals surface area contributed by atoms with E-state index in [1.54, 1.807) is 16.8 Å². The first-order valence-electron chi connectivity index (χ1n) is 6.10. The van der Waals surface area contributed by atoms with Gasteiger partial charge in [-0.2, -0.15) is 5.10 Å². The van der Waals surface area contributed by atoms with Gasteiger partial charge in [0.05, 0.1) is 17.8 Å². The lowest BCUT2D eigenvalue weighted by molar-refractivity contribution is 0.112. The summed E-state index contributed by atoms with van der Waals surface area (Å²) >= 11 is 6.14. The molecule has 0 atom stereocenters. The lowest BCUT2D eigenvalue weighted by atomic mass is 10.2. The molecule has 3 nitrogen and oxygen atoms in total. The van der Waals surface area contributed by atoms with Gasteiger partial charge in [-0.1, -0.05) is 37.1 Å². The van der Waals surface area contributed by atoms with Gasteiger partial charge < -0.3 is 0 Å². The van der Waals surface area contributed by atoms with Crippen molar-refractivity contribution in [1.29, 1.82) is 0 Å². The molecule has 0 saturated heterocycles. The Morgan fingerprint density at radius 2 is 2.05 bits per heavy atom. The van der Waals surface area contributed by atoms with Crippen LogP contribution in [0.1, 0.15) is 35.0 Å². The van der Waals surface area contributed by atoms with Gasteiger partial charge in [-0.15, -0.1) is 0 Å². The Bertz CT molecular complexity index is 578. The number of nitrogens with zero attached hydrogens (tertiary/aromatic N) is 2. The van der Waals surface area contributed by atoms with Crippen molar-refractivity contribution < 1.29 is 9.18 Å². The number of carbonyl (C=O) groups is 1. The van der Waals surface area contributed by atoms with E-state index < -0.39 is 0 Å². The van der Waals surface area contributed by atoms with Crippen LogP contribution in [0, 0.1) is 5.82 Å². The van der Waals surface area contributed by atoms with Gasteiger partial charge >= 0.3 is 0 Å². The summed E-state index contributed by atoms with van der Waals surface area (Å²) in [6.07, 6.45) is 2.34. The molecular formula is C14H14ClFN2O. The Morgan fingerprint density at radius 1 is 1.37 bits per heavy atom. The molecule has 0 saturated carbocycles. The first kappa shape index (κ1) is 13.7. The van der Waals surface area contributed by atoms with Crippen LogP contribution in [0.15, 0.2) is 24.3 Å². The molecule has 2 aromatic rings. The van der Waals surface area contributed by atoms with Crippen LogP contribution in [0.2, 0.25) is 5.15 Å². The van der Waals surface area contributed by atoms with Crippen molar-refractivity contribution in [3.8, 4) is 0 Å². The predicted molar refractivity (Wildman–Crippen MR) is 72.1 cm³/mol. The van der Waals surface area contributed by atoms with Crippen LogP contribution in [-0.2, 0) is 13.0 Å². The molecular weight excluding hydrogens is 267 g/mol. The summed E-state index contributed by atoms with van der Waals surface area (Å²) in [5.41, 5.74) is 2.04. The first-order valence-corrected chi connectivity index (χ1v) is 6.48. The van der Waals surface area contributed by atoms with Crippen molar-refractivity contribution in [3.63, 3.8) is 0 Å². The fraction of sp³-hybridized carbons (Fsp3) is 0.286. The van der Waals surface area contributed by atoms with E-state index in [4.69, 9.17) is 11.6 Å². The Kier molecular flexibility index (Phi) is 4.32. The highest BCUT2D eigenvalue weighted by atomic mass is 35.5. The molecule has 5 heteroatoms. The topological polar surface area (TPSA) is 34.9 Å². The highest BCUT2D eigenvalue weighted by molar-refractivity contribution is 6.32. The van der Waals surface area contributed by atoms with Crippen LogP contribution < -0.4 is 0 Å². The number of halogens is 2. The van der Waals surface area contributed by atoms with Crippen LogP contribution in [0.25, 0.3) is 0 Å². The molecule has 1 heterocycles. The Labute approximate surface area is 116 Å². The average molecular weight is 281 g/mol. The van der Waals surface area contributed by atoms with E-state index in [1.165, 1.54) is 12.1 Å². The van der Waals surface area contributed by atoms with Crippen molar-refractivity contribution in [2.75, 3.05) is 0 Å². The summed E-state index contributed by atoms with van der Waals surface area (Å²) in [5, 5.41) is 4.68. The maximum absolute atomic E-state index is 12.8. The van der Waals surface area contributed by atoms with E-state index in [1.807, 2.05) is 6.92 Å². The summed E-state index contributed by atoms with van der Waals surface area (Å²) in [5.74, 6) is -0.282. The summed E-state index contributed by atoms with van der Waals surface area (Å²) in [6.45, 7) is 2.44. The predicted octanol–water partition coefficient (Wildman–Crippen LogP) is 3.49. The van der Waals surface area contributed by atoms with Crippen LogP contribution in [0.3, 0.4) is 0 Å². The van der Waals surface area contributed by atoms with Gasteiger partial charge in [0.1, 0.15) is 11.0 Å². The van der Waals surface area contributed by atoms with Crippen molar-refractivity contribution in [2.45, 2.75) is 26.3 Å². The number of aldehydes is 1. The lowest BCUT2D eigenvalue weighted by Crippen LogP contribution is -2.02. The summed E-state index contributed by atoms with van der Waals surface area (Å²) in [7, 11) is 0. The summed E-state index contributed by atoms with van der Waals surface area (Å²) in [4.78, 5) is 11.0. The molecule has 1 aromatic carbocycles. The maximum atomic E-state index is 12.8. The molecule has 0 aliphatic rings. The SMILES string of the molecule is CCCc1nn(Cc2ccc(F)cc2)c(Cl)c1C=O. The quantitative estimate of drug-likeness (QED) is 0.786. The number of hydrogen-bond donors (Lipinski definition) is 0. The van der Waals surface area contributed by atoms with Gasteiger partial charge in [-0.3, -0.25) is 4.79 Å². The van der Waals surface area contributed by atoms with E-state index in [-0.39, 0.29) is 5.82 Å². The molecule has 100 valence electrons. The molecule has 0 aliphatic carbocycles.